The van der Waals surface area contributed by atoms with Gasteiger partial charge in [0.2, 0.25) is 5.91 Å². The fourth-order valence-electron chi connectivity index (χ4n) is 2.51. The van der Waals surface area contributed by atoms with Crippen LogP contribution in [0, 0.1) is 5.41 Å². The smallest absolute Gasteiger partial charge is 0.227 e. The number of hydrogen-bond donors (Lipinski definition) is 1. The van der Waals surface area contributed by atoms with Crippen LogP contribution in [0.1, 0.15) is 39.3 Å². The maximum atomic E-state index is 12.2. The van der Waals surface area contributed by atoms with E-state index in [0.29, 0.717) is 6.04 Å². The Balaban J connectivity index is 1.76. The van der Waals surface area contributed by atoms with Gasteiger partial charge in [-0.15, -0.1) is 0 Å². The highest BCUT2D eigenvalue weighted by atomic mass is 16.2. The van der Waals surface area contributed by atoms with Crippen LogP contribution in [0.5, 0.6) is 0 Å². The van der Waals surface area contributed by atoms with E-state index in [1.54, 1.807) is 0 Å². The van der Waals surface area contributed by atoms with Gasteiger partial charge < -0.3 is 10.2 Å². The molecule has 1 amide bonds. The van der Waals surface area contributed by atoms with E-state index in [-0.39, 0.29) is 11.3 Å². The molecule has 20 heavy (non-hydrogen) atoms. The number of hydrogen-bond acceptors (Lipinski definition) is 3. The van der Waals surface area contributed by atoms with Gasteiger partial charge in [-0.1, -0.05) is 26.8 Å². The van der Waals surface area contributed by atoms with E-state index in [4.69, 9.17) is 0 Å². The van der Waals surface area contributed by atoms with E-state index in [1.807, 2.05) is 50.1 Å². The summed E-state index contributed by atoms with van der Waals surface area (Å²) in [6.45, 7) is 8.48. The van der Waals surface area contributed by atoms with Gasteiger partial charge in [0, 0.05) is 37.3 Å². The topological polar surface area (TPSA) is 45.2 Å². The summed E-state index contributed by atoms with van der Waals surface area (Å²) in [4.78, 5) is 18.5. The molecule has 0 radical (unpaired) electrons. The predicted octanol–water partition coefficient (Wildman–Crippen LogP) is 2.21. The van der Waals surface area contributed by atoms with Crippen molar-refractivity contribution < 1.29 is 4.79 Å². The number of aromatic nitrogens is 1. The van der Waals surface area contributed by atoms with Gasteiger partial charge in [-0.05, 0) is 25.0 Å². The molecule has 1 saturated heterocycles. The number of nitrogens with zero attached hydrogens (tertiary/aromatic N) is 2. The summed E-state index contributed by atoms with van der Waals surface area (Å²) >= 11 is 0. The lowest BCUT2D eigenvalue weighted by molar-refractivity contribution is -0.140. The van der Waals surface area contributed by atoms with Crippen molar-refractivity contribution in [1.29, 1.82) is 0 Å². The summed E-state index contributed by atoms with van der Waals surface area (Å²) in [5, 5.41) is 3.54. The summed E-state index contributed by atoms with van der Waals surface area (Å²) in [5.74, 6) is 0.265. The van der Waals surface area contributed by atoms with Gasteiger partial charge in [0.25, 0.3) is 0 Å². The first-order chi connectivity index (χ1) is 9.47. The first-order valence-electron chi connectivity index (χ1n) is 7.39. The van der Waals surface area contributed by atoms with Gasteiger partial charge in [-0.3, -0.25) is 9.78 Å². The zero-order valence-electron chi connectivity index (χ0n) is 12.7. The Morgan fingerprint density at radius 3 is 2.60 bits per heavy atom. The lowest BCUT2D eigenvalue weighted by Crippen LogP contribution is -2.48. The van der Waals surface area contributed by atoms with E-state index in [2.05, 4.69) is 10.3 Å². The fraction of sp³-hybridized carbons (Fsp3) is 0.625. The molecule has 0 aromatic carbocycles. The Morgan fingerprint density at radius 2 is 2.05 bits per heavy atom. The number of rotatable bonds is 3. The maximum absolute atomic E-state index is 12.2. The highest BCUT2D eigenvalue weighted by molar-refractivity contribution is 5.81. The first kappa shape index (κ1) is 15.0. The van der Waals surface area contributed by atoms with Crippen molar-refractivity contribution in [3.63, 3.8) is 0 Å². The third kappa shape index (κ3) is 4.04. The van der Waals surface area contributed by atoms with Gasteiger partial charge >= 0.3 is 0 Å². The van der Waals surface area contributed by atoms with Crippen LogP contribution in [0.2, 0.25) is 0 Å². The number of piperidine rings is 1. The molecule has 1 aliphatic rings. The van der Waals surface area contributed by atoms with Gasteiger partial charge in [0.05, 0.1) is 5.69 Å². The molecule has 2 rings (SSSR count). The second-order valence-corrected chi connectivity index (χ2v) is 6.52. The second kappa shape index (κ2) is 6.35. The monoisotopic (exact) mass is 275 g/mol. The van der Waals surface area contributed by atoms with Gasteiger partial charge in [0.1, 0.15) is 0 Å². The largest absolute Gasteiger partial charge is 0.342 e. The minimum atomic E-state index is -0.270. The van der Waals surface area contributed by atoms with E-state index in [1.165, 1.54) is 0 Å². The van der Waals surface area contributed by atoms with Crippen LogP contribution in [0.15, 0.2) is 24.4 Å². The molecule has 1 aromatic rings. The van der Waals surface area contributed by atoms with Crippen molar-refractivity contribution in [2.24, 2.45) is 5.41 Å². The number of carbonyl (C=O) groups is 1. The van der Waals surface area contributed by atoms with E-state index in [9.17, 15) is 4.79 Å². The number of likely N-dealkylation sites (tertiary alicyclic amines) is 1. The Hall–Kier alpha value is -1.42. The Labute approximate surface area is 121 Å². The summed E-state index contributed by atoms with van der Waals surface area (Å²) in [5.41, 5.74) is 0.800. The lowest BCUT2D eigenvalue weighted by atomic mass is 9.93. The Morgan fingerprint density at radius 1 is 1.35 bits per heavy atom. The molecule has 0 atom stereocenters. The van der Waals surface area contributed by atoms with Crippen molar-refractivity contribution >= 4 is 5.91 Å². The van der Waals surface area contributed by atoms with Crippen LogP contribution in [-0.4, -0.2) is 34.9 Å². The van der Waals surface area contributed by atoms with Crippen molar-refractivity contribution in [3.8, 4) is 0 Å². The molecule has 1 aromatic heterocycles. The molecule has 0 unspecified atom stereocenters. The summed E-state index contributed by atoms with van der Waals surface area (Å²) < 4.78 is 0. The lowest BCUT2D eigenvalue weighted by Gasteiger charge is -2.36. The highest BCUT2D eigenvalue weighted by Gasteiger charge is 2.30. The molecule has 1 N–H and O–H groups in total. The SMILES string of the molecule is CC(C)(C)C(=O)N1CCC(NCc2ccccn2)CC1. The van der Waals surface area contributed by atoms with Crippen LogP contribution in [0.4, 0.5) is 0 Å². The zero-order chi connectivity index (χ0) is 14.6. The van der Waals surface area contributed by atoms with Crippen molar-refractivity contribution in [3.05, 3.63) is 30.1 Å². The van der Waals surface area contributed by atoms with Crippen LogP contribution in [-0.2, 0) is 11.3 Å². The molecule has 2 heterocycles. The summed E-state index contributed by atoms with van der Waals surface area (Å²) in [7, 11) is 0. The van der Waals surface area contributed by atoms with Gasteiger partial charge in [-0.2, -0.15) is 0 Å². The molecule has 0 bridgehead atoms. The van der Waals surface area contributed by atoms with Crippen LogP contribution in [0.25, 0.3) is 0 Å². The standard InChI is InChI=1S/C16H25N3O/c1-16(2,3)15(20)19-10-7-13(8-11-19)18-12-14-6-4-5-9-17-14/h4-6,9,13,18H,7-8,10-12H2,1-3H3. The predicted molar refractivity (Wildman–Crippen MR) is 80.1 cm³/mol. The molecule has 4 heteroatoms. The number of amides is 1. The molecule has 0 spiro atoms. The quantitative estimate of drug-likeness (QED) is 0.920. The maximum Gasteiger partial charge on any atom is 0.227 e. The zero-order valence-corrected chi connectivity index (χ0v) is 12.7. The third-order valence-electron chi connectivity index (χ3n) is 3.72. The molecular formula is C16H25N3O. The van der Waals surface area contributed by atoms with Crippen molar-refractivity contribution in [2.45, 2.75) is 46.2 Å². The summed E-state index contributed by atoms with van der Waals surface area (Å²) in [6.07, 6.45) is 3.87. The number of carbonyl (C=O) groups excluding carboxylic acids is 1. The van der Waals surface area contributed by atoms with Gasteiger partial charge in [0.15, 0.2) is 0 Å². The van der Waals surface area contributed by atoms with E-state index >= 15 is 0 Å². The summed E-state index contributed by atoms with van der Waals surface area (Å²) in [6, 6.07) is 6.46. The highest BCUT2D eigenvalue weighted by Crippen LogP contribution is 2.21. The molecule has 1 aliphatic heterocycles. The molecule has 0 aliphatic carbocycles. The average Bonchev–Trinajstić information content (AvgIpc) is 2.45. The molecule has 1 fully saturated rings. The Kier molecular flexibility index (Phi) is 4.76. The van der Waals surface area contributed by atoms with E-state index < -0.39 is 0 Å². The van der Waals surface area contributed by atoms with Crippen LogP contribution >= 0.6 is 0 Å². The minimum Gasteiger partial charge on any atom is -0.342 e. The average molecular weight is 275 g/mol. The first-order valence-corrected chi connectivity index (χ1v) is 7.39. The van der Waals surface area contributed by atoms with Crippen molar-refractivity contribution in [2.75, 3.05) is 13.1 Å². The molecule has 4 nitrogen and oxygen atoms in total. The van der Waals surface area contributed by atoms with E-state index in [0.717, 1.165) is 38.2 Å². The van der Waals surface area contributed by atoms with Crippen molar-refractivity contribution in [1.82, 2.24) is 15.2 Å². The minimum absolute atomic E-state index is 0.265. The van der Waals surface area contributed by atoms with Crippen LogP contribution in [0.3, 0.4) is 0 Å². The molecular weight excluding hydrogens is 250 g/mol. The normalized spacial score (nSPS) is 17.2. The fourth-order valence-corrected chi connectivity index (χ4v) is 2.51. The second-order valence-electron chi connectivity index (χ2n) is 6.52. The third-order valence-corrected chi connectivity index (χ3v) is 3.72. The number of pyridine rings is 1. The molecule has 110 valence electrons. The number of nitrogens with one attached hydrogen (secondary N) is 1. The molecule has 0 saturated carbocycles. The van der Waals surface area contributed by atoms with Gasteiger partial charge in [-0.25, -0.2) is 0 Å². The Bertz CT molecular complexity index is 431. The van der Waals surface area contributed by atoms with Crippen LogP contribution < -0.4 is 5.32 Å².